The summed E-state index contributed by atoms with van der Waals surface area (Å²) in [5.41, 5.74) is 3.64. The van der Waals surface area contributed by atoms with E-state index in [9.17, 15) is 0 Å². The summed E-state index contributed by atoms with van der Waals surface area (Å²) < 4.78 is 0. The fourth-order valence-electron chi connectivity index (χ4n) is 1.59. The maximum atomic E-state index is 8.85. The number of aliphatic hydroxyl groups excluding tert-OH is 1. The van der Waals surface area contributed by atoms with Crippen LogP contribution in [0.2, 0.25) is 0 Å². The Labute approximate surface area is 66.0 Å². The Hall–Kier alpha value is -1.24. The van der Waals surface area contributed by atoms with Crippen molar-refractivity contribution in [1.29, 1.82) is 0 Å². The number of aliphatic hydroxyl groups is 1. The summed E-state index contributed by atoms with van der Waals surface area (Å²) in [5.74, 6) is 0. The van der Waals surface area contributed by atoms with Crippen molar-refractivity contribution < 1.29 is 5.11 Å². The molecule has 0 unspecified atom stereocenters. The van der Waals surface area contributed by atoms with Gasteiger partial charge in [-0.2, -0.15) is 0 Å². The molecule has 1 aromatic carbocycles. The highest BCUT2D eigenvalue weighted by Gasteiger charge is 2.14. The van der Waals surface area contributed by atoms with Crippen LogP contribution in [0.15, 0.2) is 30.5 Å². The summed E-state index contributed by atoms with van der Waals surface area (Å²) in [4.78, 5) is 0. The lowest BCUT2D eigenvalue weighted by Gasteiger charge is -1.96. The molecule has 0 radical (unpaired) electrons. The molecular weight excluding hydrogens is 136 g/mol. The molecule has 1 N–H and O–H groups in total. The van der Waals surface area contributed by atoms with Gasteiger partial charge in [-0.3, -0.25) is 0 Å². The van der Waals surface area contributed by atoms with Crippen LogP contribution in [0.4, 0.5) is 0 Å². The van der Waals surface area contributed by atoms with E-state index in [1.807, 2.05) is 12.1 Å². The highest BCUT2D eigenvalue weighted by atomic mass is 16.2. The maximum Gasteiger partial charge on any atom is 0.0829 e. The smallest absolute Gasteiger partial charge is 0.0829 e. The lowest BCUT2D eigenvalue weighted by molar-refractivity contribution is 0.474. The quantitative estimate of drug-likeness (QED) is 0.557. The Kier molecular flexibility index (Phi) is 1.42. The van der Waals surface area contributed by atoms with Crippen LogP contribution in [0.1, 0.15) is 17.5 Å². The molecule has 1 heteroatoms. The number of benzene rings is 1. The number of aryl methyl sites for hydroxylation is 1. The van der Waals surface area contributed by atoms with Gasteiger partial charge in [0, 0.05) is 0 Å². The molecule has 0 spiro atoms. The summed E-state index contributed by atoms with van der Waals surface area (Å²) in [5, 5.41) is 8.85. The Morgan fingerprint density at radius 3 is 2.82 bits per heavy atom. The van der Waals surface area contributed by atoms with Gasteiger partial charge in [0.25, 0.3) is 0 Å². The monoisotopic (exact) mass is 146 g/mol. The average Bonchev–Trinajstić information content (AvgIpc) is 2.47. The van der Waals surface area contributed by atoms with Gasteiger partial charge in [-0.1, -0.05) is 24.3 Å². The molecule has 1 aliphatic rings. The second kappa shape index (κ2) is 2.42. The SMILES string of the molecule is OC=C1CCc2ccccc21. The summed E-state index contributed by atoms with van der Waals surface area (Å²) in [6, 6.07) is 8.23. The molecule has 0 heterocycles. The Morgan fingerprint density at radius 1 is 1.18 bits per heavy atom. The van der Waals surface area contributed by atoms with E-state index in [2.05, 4.69) is 12.1 Å². The molecule has 11 heavy (non-hydrogen) atoms. The first kappa shape index (κ1) is 6.47. The van der Waals surface area contributed by atoms with Gasteiger partial charge >= 0.3 is 0 Å². The van der Waals surface area contributed by atoms with Gasteiger partial charge in [-0.15, -0.1) is 0 Å². The van der Waals surface area contributed by atoms with E-state index in [1.165, 1.54) is 17.4 Å². The van der Waals surface area contributed by atoms with E-state index in [0.29, 0.717) is 0 Å². The second-order valence-corrected chi connectivity index (χ2v) is 2.81. The van der Waals surface area contributed by atoms with Crippen LogP contribution in [0, 0.1) is 0 Å². The highest BCUT2D eigenvalue weighted by Crippen LogP contribution is 2.30. The van der Waals surface area contributed by atoms with E-state index < -0.39 is 0 Å². The highest BCUT2D eigenvalue weighted by molar-refractivity contribution is 5.71. The molecule has 0 saturated carbocycles. The zero-order valence-electron chi connectivity index (χ0n) is 6.25. The minimum absolute atomic E-state index is 0.982. The number of allylic oxidation sites excluding steroid dienone is 1. The lowest BCUT2D eigenvalue weighted by Crippen LogP contribution is -1.77. The van der Waals surface area contributed by atoms with E-state index in [0.717, 1.165) is 18.4 Å². The van der Waals surface area contributed by atoms with Gasteiger partial charge in [-0.25, -0.2) is 0 Å². The van der Waals surface area contributed by atoms with E-state index in [1.54, 1.807) is 0 Å². The predicted molar refractivity (Wildman–Crippen MR) is 45.4 cm³/mol. The van der Waals surface area contributed by atoms with Crippen molar-refractivity contribution in [2.24, 2.45) is 0 Å². The number of fused-ring (bicyclic) bond motifs is 1. The van der Waals surface area contributed by atoms with Crippen LogP contribution in [0.3, 0.4) is 0 Å². The van der Waals surface area contributed by atoms with Gasteiger partial charge in [0.05, 0.1) is 6.26 Å². The van der Waals surface area contributed by atoms with Crippen LogP contribution >= 0.6 is 0 Å². The molecule has 1 aliphatic carbocycles. The zero-order chi connectivity index (χ0) is 7.68. The molecule has 1 nitrogen and oxygen atoms in total. The van der Waals surface area contributed by atoms with Crippen molar-refractivity contribution >= 4 is 5.57 Å². The van der Waals surface area contributed by atoms with E-state index >= 15 is 0 Å². The molecule has 0 aliphatic heterocycles. The van der Waals surface area contributed by atoms with Crippen LogP contribution in [-0.4, -0.2) is 5.11 Å². The van der Waals surface area contributed by atoms with Crippen LogP contribution in [0.25, 0.3) is 5.57 Å². The molecule has 0 amide bonds. The topological polar surface area (TPSA) is 20.2 Å². The molecule has 0 bridgehead atoms. The molecule has 56 valence electrons. The number of hydrogen-bond donors (Lipinski definition) is 1. The van der Waals surface area contributed by atoms with Crippen molar-refractivity contribution in [3.05, 3.63) is 41.7 Å². The van der Waals surface area contributed by atoms with Crippen molar-refractivity contribution in [1.82, 2.24) is 0 Å². The largest absolute Gasteiger partial charge is 0.515 e. The predicted octanol–water partition coefficient (Wildman–Crippen LogP) is 2.53. The molecule has 0 saturated heterocycles. The zero-order valence-corrected chi connectivity index (χ0v) is 6.25. The molecule has 1 aromatic rings. The van der Waals surface area contributed by atoms with Crippen LogP contribution in [0.5, 0.6) is 0 Å². The van der Waals surface area contributed by atoms with Gasteiger partial charge in [0.15, 0.2) is 0 Å². The number of rotatable bonds is 0. The third-order valence-electron chi connectivity index (χ3n) is 2.18. The molecule has 2 rings (SSSR count). The minimum atomic E-state index is 0.982. The summed E-state index contributed by atoms with van der Waals surface area (Å²) >= 11 is 0. The van der Waals surface area contributed by atoms with Crippen molar-refractivity contribution in [3.63, 3.8) is 0 Å². The Bertz CT molecular complexity index is 299. The first-order valence-corrected chi connectivity index (χ1v) is 3.83. The Morgan fingerprint density at radius 2 is 2.00 bits per heavy atom. The van der Waals surface area contributed by atoms with Gasteiger partial charge in [0.1, 0.15) is 0 Å². The van der Waals surface area contributed by atoms with Crippen LogP contribution < -0.4 is 0 Å². The summed E-state index contributed by atoms with van der Waals surface area (Å²) in [7, 11) is 0. The van der Waals surface area contributed by atoms with Gasteiger partial charge in [-0.05, 0) is 29.5 Å². The summed E-state index contributed by atoms with van der Waals surface area (Å²) in [6.07, 6.45) is 3.28. The second-order valence-electron chi connectivity index (χ2n) is 2.81. The third-order valence-corrected chi connectivity index (χ3v) is 2.18. The molecule has 0 aromatic heterocycles. The average molecular weight is 146 g/mol. The molecule has 0 atom stereocenters. The minimum Gasteiger partial charge on any atom is -0.515 e. The first-order chi connectivity index (χ1) is 5.42. The van der Waals surface area contributed by atoms with Crippen molar-refractivity contribution in [3.8, 4) is 0 Å². The van der Waals surface area contributed by atoms with Gasteiger partial charge in [0.2, 0.25) is 0 Å². The van der Waals surface area contributed by atoms with Crippen molar-refractivity contribution in [2.75, 3.05) is 0 Å². The lowest BCUT2D eigenvalue weighted by atomic mass is 10.1. The van der Waals surface area contributed by atoms with E-state index in [-0.39, 0.29) is 0 Å². The van der Waals surface area contributed by atoms with Gasteiger partial charge < -0.3 is 5.11 Å². The third kappa shape index (κ3) is 0.929. The van der Waals surface area contributed by atoms with Crippen molar-refractivity contribution in [2.45, 2.75) is 12.8 Å². The first-order valence-electron chi connectivity index (χ1n) is 3.83. The fraction of sp³-hybridized carbons (Fsp3) is 0.200. The van der Waals surface area contributed by atoms with E-state index in [4.69, 9.17) is 5.11 Å². The van der Waals surface area contributed by atoms with Crippen LogP contribution in [-0.2, 0) is 6.42 Å². The molecule has 0 fully saturated rings. The maximum absolute atomic E-state index is 8.85. The molecular formula is C10H10O. The number of hydrogen-bond acceptors (Lipinski definition) is 1. The Balaban J connectivity index is 2.55. The standard InChI is InChI=1S/C10H10O/c11-7-9-6-5-8-3-1-2-4-10(8)9/h1-4,7,11H,5-6H2. The fourth-order valence-corrected chi connectivity index (χ4v) is 1.59. The summed E-state index contributed by atoms with van der Waals surface area (Å²) in [6.45, 7) is 0. The normalized spacial score (nSPS) is 18.7.